The Morgan fingerprint density at radius 2 is 2.00 bits per heavy atom. The van der Waals surface area contributed by atoms with Crippen molar-refractivity contribution in [2.45, 2.75) is 0 Å². The fourth-order valence-corrected chi connectivity index (χ4v) is 1.18. The highest BCUT2D eigenvalue weighted by Crippen LogP contribution is 2.29. The zero-order chi connectivity index (χ0) is 9.26. The molecule has 0 unspecified atom stereocenters. The van der Waals surface area contributed by atoms with Gasteiger partial charge in [0, 0.05) is 11.1 Å². The molecule has 1 aromatic carbocycles. The predicted molar refractivity (Wildman–Crippen MR) is 53.2 cm³/mol. The van der Waals surface area contributed by atoms with Crippen molar-refractivity contribution < 1.29 is 5.11 Å². The van der Waals surface area contributed by atoms with Crippen LogP contribution in [0.1, 0.15) is 0 Å². The number of fused-ring (bicyclic) bond motifs is 1. The monoisotopic (exact) mass is 207 g/mol. The van der Waals surface area contributed by atoms with Crippen molar-refractivity contribution in [1.29, 1.82) is 5.39 Å². The Bertz CT molecular complexity index is 507. The molecular formula is C9H6ClN3O. The number of para-hydroxylation sites is 1. The Hall–Kier alpha value is -1.86. The molecule has 0 fully saturated rings. The summed E-state index contributed by atoms with van der Waals surface area (Å²) in [7, 11) is 0. The quantitative estimate of drug-likeness (QED) is 0.622. The van der Waals surface area contributed by atoms with E-state index >= 15 is 0 Å². The van der Waals surface area contributed by atoms with E-state index in [9.17, 15) is 5.11 Å². The Labute approximate surface area is 86.2 Å². The summed E-state index contributed by atoms with van der Waals surface area (Å²) in [6.07, 6.45) is 1.25. The highest BCUT2D eigenvalue weighted by atomic mass is 35.5. The van der Waals surface area contributed by atoms with Gasteiger partial charge in [0.2, 0.25) is 5.39 Å². The topological polar surface area (TPSA) is 64.1 Å². The van der Waals surface area contributed by atoms with E-state index < -0.39 is 0 Å². The molecule has 5 heteroatoms. The van der Waals surface area contributed by atoms with Crippen molar-refractivity contribution in [3.05, 3.63) is 35.4 Å². The number of nitrogens with zero attached hydrogens (tertiary/aromatic N) is 3. The Morgan fingerprint density at radius 3 is 2.71 bits per heavy atom. The van der Waals surface area contributed by atoms with E-state index in [4.69, 9.17) is 5.39 Å². The summed E-state index contributed by atoms with van der Waals surface area (Å²) >= 11 is 0. The maximum absolute atomic E-state index is 11.5. The smallest absolute Gasteiger partial charge is 0.396 e. The van der Waals surface area contributed by atoms with Gasteiger partial charge < -0.3 is 5.11 Å². The van der Waals surface area contributed by atoms with E-state index in [1.807, 2.05) is 0 Å². The van der Waals surface area contributed by atoms with Crippen LogP contribution in [0.3, 0.4) is 0 Å². The van der Waals surface area contributed by atoms with Crippen LogP contribution in [-0.4, -0.2) is 4.98 Å². The first kappa shape index (κ1) is 10.2. The van der Waals surface area contributed by atoms with Gasteiger partial charge in [-0.05, 0) is 6.07 Å². The van der Waals surface area contributed by atoms with Crippen LogP contribution in [0.15, 0.2) is 30.5 Å². The van der Waals surface area contributed by atoms with E-state index in [-0.39, 0.29) is 23.8 Å². The van der Waals surface area contributed by atoms with Crippen LogP contribution in [0.2, 0.25) is 0 Å². The molecule has 0 atom stereocenters. The summed E-state index contributed by atoms with van der Waals surface area (Å²) in [4.78, 5) is 6.80. The van der Waals surface area contributed by atoms with Gasteiger partial charge in [-0.15, -0.1) is 12.4 Å². The van der Waals surface area contributed by atoms with Gasteiger partial charge in [0.05, 0.1) is 5.52 Å². The SMILES string of the molecule is Cl.N#[N+]c1cnc2ccccc2c1[O-]. The number of diazo groups is 1. The third kappa shape index (κ3) is 1.45. The van der Waals surface area contributed by atoms with E-state index in [1.54, 1.807) is 24.3 Å². The summed E-state index contributed by atoms with van der Waals surface area (Å²) in [5.74, 6) is -0.298. The second kappa shape index (κ2) is 3.90. The number of rotatable bonds is 0. The van der Waals surface area contributed by atoms with Crippen LogP contribution in [0.4, 0.5) is 5.69 Å². The van der Waals surface area contributed by atoms with Crippen molar-refractivity contribution >= 4 is 29.0 Å². The van der Waals surface area contributed by atoms with E-state index in [0.717, 1.165) is 0 Å². The normalized spacial score (nSPS) is 9.07. The molecule has 0 aliphatic rings. The van der Waals surface area contributed by atoms with Crippen LogP contribution in [0.5, 0.6) is 5.75 Å². The number of benzene rings is 1. The molecule has 0 saturated heterocycles. The molecule has 0 bridgehead atoms. The first-order valence-corrected chi connectivity index (χ1v) is 3.73. The van der Waals surface area contributed by atoms with Crippen molar-refractivity contribution in [1.82, 2.24) is 4.98 Å². The molecule has 0 spiro atoms. The standard InChI is InChI=1S/C9H5N3O.ClH/c10-12-8-5-11-7-4-2-1-3-6(7)9(8)13;/h1-5H;1H. The molecule has 2 aromatic rings. The molecule has 1 heterocycles. The molecule has 70 valence electrons. The molecule has 0 aliphatic carbocycles. The number of hydrogen-bond donors (Lipinski definition) is 0. The molecule has 0 amide bonds. The van der Waals surface area contributed by atoms with Crippen molar-refractivity contribution in [2.75, 3.05) is 0 Å². The van der Waals surface area contributed by atoms with Crippen molar-refractivity contribution in [3.8, 4) is 5.75 Å². The second-order valence-corrected chi connectivity index (χ2v) is 2.59. The van der Waals surface area contributed by atoms with Gasteiger partial charge in [-0.1, -0.05) is 18.2 Å². The first-order chi connectivity index (χ1) is 6.33. The lowest BCUT2D eigenvalue weighted by atomic mass is 10.2. The lowest BCUT2D eigenvalue weighted by Gasteiger charge is -2.04. The Kier molecular flexibility index (Phi) is 2.85. The molecule has 0 aliphatic heterocycles. The number of halogens is 1. The van der Waals surface area contributed by atoms with Gasteiger partial charge in [0.1, 0.15) is 6.20 Å². The minimum absolute atomic E-state index is 0. The van der Waals surface area contributed by atoms with Crippen molar-refractivity contribution in [2.24, 2.45) is 0 Å². The number of aromatic nitrogens is 1. The second-order valence-electron chi connectivity index (χ2n) is 2.59. The van der Waals surface area contributed by atoms with E-state index in [2.05, 4.69) is 9.96 Å². The van der Waals surface area contributed by atoms with Crippen LogP contribution in [0.25, 0.3) is 15.9 Å². The van der Waals surface area contributed by atoms with Gasteiger partial charge in [-0.25, -0.2) is 4.98 Å². The molecule has 0 radical (unpaired) electrons. The summed E-state index contributed by atoms with van der Waals surface area (Å²) in [5.41, 5.74) is 0.582. The molecule has 4 nitrogen and oxygen atoms in total. The van der Waals surface area contributed by atoms with Crippen LogP contribution in [-0.2, 0) is 0 Å². The highest BCUT2D eigenvalue weighted by Gasteiger charge is 2.08. The highest BCUT2D eigenvalue weighted by molar-refractivity contribution is 5.89. The molecule has 0 N–H and O–H groups in total. The molecule has 1 aromatic heterocycles. The van der Waals surface area contributed by atoms with Gasteiger partial charge >= 0.3 is 5.69 Å². The van der Waals surface area contributed by atoms with Crippen LogP contribution in [0, 0.1) is 5.39 Å². The van der Waals surface area contributed by atoms with Gasteiger partial charge in [-0.2, -0.15) is 0 Å². The maximum Gasteiger partial charge on any atom is 0.396 e. The third-order valence-corrected chi connectivity index (χ3v) is 1.81. The summed E-state index contributed by atoms with van der Waals surface area (Å²) in [5, 5.41) is 20.4. The van der Waals surface area contributed by atoms with Crippen LogP contribution >= 0.6 is 12.4 Å². The minimum Gasteiger partial charge on any atom is -0.867 e. The zero-order valence-corrected chi connectivity index (χ0v) is 7.86. The van der Waals surface area contributed by atoms with Gasteiger partial charge in [0.25, 0.3) is 0 Å². The number of pyridine rings is 1. The maximum atomic E-state index is 11.5. The third-order valence-electron chi connectivity index (χ3n) is 1.81. The average molecular weight is 208 g/mol. The molecule has 2 rings (SSSR count). The summed E-state index contributed by atoms with van der Waals surface area (Å²) in [6.45, 7) is 0. The number of hydrogen-bond acceptors (Lipinski definition) is 3. The van der Waals surface area contributed by atoms with Gasteiger partial charge in [-0.3, -0.25) is 0 Å². The lowest BCUT2D eigenvalue weighted by Crippen LogP contribution is -1.92. The van der Waals surface area contributed by atoms with Crippen LogP contribution < -0.4 is 5.11 Å². The van der Waals surface area contributed by atoms with Gasteiger partial charge in [0.15, 0.2) is 4.98 Å². The summed E-state index contributed by atoms with van der Waals surface area (Å²) in [6, 6.07) is 6.92. The molecule has 0 saturated carbocycles. The Morgan fingerprint density at radius 1 is 1.29 bits per heavy atom. The lowest BCUT2D eigenvalue weighted by molar-refractivity contribution is -0.264. The van der Waals surface area contributed by atoms with Crippen molar-refractivity contribution in [3.63, 3.8) is 0 Å². The zero-order valence-electron chi connectivity index (χ0n) is 7.04. The predicted octanol–water partition coefficient (Wildman–Crippen LogP) is 2.21. The largest absolute Gasteiger partial charge is 0.867 e. The fraction of sp³-hybridized carbons (Fsp3) is 0. The average Bonchev–Trinajstić information content (AvgIpc) is 2.19. The fourth-order valence-electron chi connectivity index (χ4n) is 1.18. The molecule has 14 heavy (non-hydrogen) atoms. The Balaban J connectivity index is 0.000000980. The summed E-state index contributed by atoms with van der Waals surface area (Å²) < 4.78 is 0. The van der Waals surface area contributed by atoms with E-state index in [1.165, 1.54) is 6.20 Å². The first-order valence-electron chi connectivity index (χ1n) is 3.73. The minimum atomic E-state index is -0.298. The van der Waals surface area contributed by atoms with E-state index in [0.29, 0.717) is 10.9 Å². The molecular weight excluding hydrogens is 202 g/mol.